The summed E-state index contributed by atoms with van der Waals surface area (Å²) in [5.74, 6) is -0.882. The van der Waals surface area contributed by atoms with Crippen molar-refractivity contribution in [3.63, 3.8) is 0 Å². The number of hydrogen-bond donors (Lipinski definition) is 2. The second kappa shape index (κ2) is 14.5. The molecule has 37 heavy (non-hydrogen) atoms. The molecule has 3 N–H and O–H groups in total. The highest BCUT2D eigenvalue weighted by atomic mass is 19.4. The smallest absolute Gasteiger partial charge is 0.417 e. The quantitative estimate of drug-likeness (QED) is 0.420. The summed E-state index contributed by atoms with van der Waals surface area (Å²) < 4.78 is 53.1. The lowest BCUT2D eigenvalue weighted by Gasteiger charge is -2.36. The van der Waals surface area contributed by atoms with Gasteiger partial charge in [-0.1, -0.05) is 13.8 Å². The zero-order chi connectivity index (χ0) is 28.4. The average Bonchev–Trinajstić information content (AvgIpc) is 2.87. The third-order valence-electron chi connectivity index (χ3n) is 6.20. The minimum Gasteiger partial charge on any atom is -0.478 e. The van der Waals surface area contributed by atoms with Gasteiger partial charge in [-0.05, 0) is 45.2 Å². The number of nitrogens with one attached hydrogen (secondary N) is 1. The van der Waals surface area contributed by atoms with Gasteiger partial charge in [0.25, 0.3) is 5.91 Å². The molecule has 0 aromatic heterocycles. The Bertz CT molecular complexity index is 872. The Balaban J connectivity index is 0.00000334. The standard InChI is InChI=1S/C24H37F3N4O4.C2H6/c1-23(2,15-32)35-21-13-19(24(25,26)27)18(12-20(21)30(3)10-9-28)22(33)31(4)17-7-6-16(29-14-17)8-11-34-5;1-2/h12-13,15-17,29H,6-11,14,28H2,1-5H3;1-2H3/t16-,17+;/m0./s1. The number of nitrogens with zero attached hydrogens (tertiary/aromatic N) is 2. The highest BCUT2D eigenvalue weighted by Crippen LogP contribution is 2.41. The van der Waals surface area contributed by atoms with Gasteiger partial charge in [0, 0.05) is 59.5 Å². The summed E-state index contributed by atoms with van der Waals surface area (Å²) in [6.07, 6.45) is -2.02. The number of amides is 1. The predicted molar refractivity (Wildman–Crippen MR) is 139 cm³/mol. The van der Waals surface area contributed by atoms with Gasteiger partial charge in [-0.25, -0.2) is 0 Å². The summed E-state index contributed by atoms with van der Waals surface area (Å²) in [6.45, 7) is 8.52. The molecule has 0 radical (unpaired) electrons. The zero-order valence-corrected chi connectivity index (χ0v) is 23.1. The van der Waals surface area contributed by atoms with Gasteiger partial charge in [-0.2, -0.15) is 13.2 Å². The van der Waals surface area contributed by atoms with Gasteiger partial charge < -0.3 is 30.3 Å². The third-order valence-corrected chi connectivity index (χ3v) is 6.20. The first kappa shape index (κ1) is 32.7. The van der Waals surface area contributed by atoms with Crippen LogP contribution in [0.1, 0.15) is 62.9 Å². The van der Waals surface area contributed by atoms with Crippen molar-refractivity contribution in [1.82, 2.24) is 10.2 Å². The van der Waals surface area contributed by atoms with Crippen molar-refractivity contribution in [2.45, 2.75) is 70.8 Å². The van der Waals surface area contributed by atoms with E-state index in [9.17, 15) is 22.8 Å². The molecule has 0 unspecified atom stereocenters. The van der Waals surface area contributed by atoms with Crippen LogP contribution in [0.15, 0.2) is 12.1 Å². The number of anilines is 1. The molecule has 1 amide bonds. The molecule has 1 fully saturated rings. The fraction of sp³-hybridized carbons (Fsp3) is 0.692. The number of benzene rings is 1. The molecule has 1 heterocycles. The molecule has 212 valence electrons. The molecule has 1 saturated heterocycles. The molecular weight excluding hydrogens is 489 g/mol. The summed E-state index contributed by atoms with van der Waals surface area (Å²) >= 11 is 0. The van der Waals surface area contributed by atoms with Gasteiger partial charge in [0.15, 0.2) is 11.9 Å². The molecule has 0 spiro atoms. The monoisotopic (exact) mass is 532 g/mol. The first-order valence-electron chi connectivity index (χ1n) is 12.7. The van der Waals surface area contributed by atoms with Crippen molar-refractivity contribution in [3.8, 4) is 5.75 Å². The molecule has 8 nitrogen and oxygen atoms in total. The number of ether oxygens (including phenoxy) is 2. The molecule has 0 saturated carbocycles. The maximum absolute atomic E-state index is 14.1. The van der Waals surface area contributed by atoms with Crippen molar-refractivity contribution < 1.29 is 32.2 Å². The Morgan fingerprint density at radius 2 is 1.86 bits per heavy atom. The molecule has 1 aliphatic heterocycles. The Morgan fingerprint density at radius 1 is 1.22 bits per heavy atom. The molecule has 11 heteroatoms. The molecule has 1 aliphatic rings. The number of piperidine rings is 1. The Labute approximate surface area is 218 Å². The molecule has 0 aliphatic carbocycles. The Hall–Kier alpha value is -2.37. The van der Waals surface area contributed by atoms with E-state index in [4.69, 9.17) is 15.2 Å². The SMILES string of the molecule is CC.COCC[C@@H]1CC[C@@H](N(C)C(=O)c2cc(N(C)CCN)c(OC(C)(C)C=O)cc2C(F)(F)F)CN1. The van der Waals surface area contributed by atoms with E-state index in [1.807, 2.05) is 13.8 Å². The lowest BCUT2D eigenvalue weighted by atomic mass is 9.96. The summed E-state index contributed by atoms with van der Waals surface area (Å²) in [6, 6.07) is 1.98. The van der Waals surface area contributed by atoms with Gasteiger partial charge in [0.1, 0.15) is 5.75 Å². The van der Waals surface area contributed by atoms with Gasteiger partial charge >= 0.3 is 6.18 Å². The van der Waals surface area contributed by atoms with Crippen LogP contribution in [0.4, 0.5) is 18.9 Å². The van der Waals surface area contributed by atoms with Crippen LogP contribution < -0.4 is 20.7 Å². The Kier molecular flexibility index (Phi) is 12.8. The number of carbonyl (C=O) groups is 2. The van der Waals surface area contributed by atoms with Crippen LogP contribution in [0, 0.1) is 0 Å². The highest BCUT2D eigenvalue weighted by Gasteiger charge is 2.39. The van der Waals surface area contributed by atoms with E-state index >= 15 is 0 Å². The number of likely N-dealkylation sites (N-methyl/N-ethyl adjacent to an activating group) is 2. The van der Waals surface area contributed by atoms with Crippen LogP contribution in [-0.2, 0) is 15.7 Å². The van der Waals surface area contributed by atoms with Crippen molar-refractivity contribution in [1.29, 1.82) is 0 Å². The zero-order valence-electron chi connectivity index (χ0n) is 23.1. The van der Waals surface area contributed by atoms with Crippen molar-refractivity contribution in [2.75, 3.05) is 52.3 Å². The topological polar surface area (TPSA) is 97.1 Å². The molecule has 0 bridgehead atoms. The van der Waals surface area contributed by atoms with E-state index in [0.717, 1.165) is 18.9 Å². The van der Waals surface area contributed by atoms with Gasteiger partial charge in [0.2, 0.25) is 0 Å². The van der Waals surface area contributed by atoms with Gasteiger partial charge in [-0.15, -0.1) is 0 Å². The predicted octanol–water partition coefficient (Wildman–Crippen LogP) is 3.71. The van der Waals surface area contributed by atoms with Crippen molar-refractivity contribution in [3.05, 3.63) is 23.3 Å². The number of aldehydes is 1. The number of nitrogens with two attached hydrogens (primary N) is 1. The van der Waals surface area contributed by atoms with Crippen molar-refractivity contribution >= 4 is 17.9 Å². The Morgan fingerprint density at radius 3 is 2.35 bits per heavy atom. The van der Waals surface area contributed by atoms with Crippen molar-refractivity contribution in [2.24, 2.45) is 5.73 Å². The summed E-state index contributed by atoms with van der Waals surface area (Å²) in [5, 5.41) is 3.35. The first-order chi connectivity index (χ1) is 17.3. The number of carbonyl (C=O) groups excluding carboxylic acids is 2. The van der Waals surface area contributed by atoms with E-state index < -0.39 is 28.8 Å². The summed E-state index contributed by atoms with van der Waals surface area (Å²) in [5.41, 5.74) is 2.94. The third kappa shape index (κ3) is 9.15. The van der Waals surface area contributed by atoms with E-state index in [-0.39, 0.29) is 30.1 Å². The lowest BCUT2D eigenvalue weighted by molar-refractivity contribution is -0.138. The number of methoxy groups -OCH3 is 1. The minimum absolute atomic E-state index is 0.148. The maximum Gasteiger partial charge on any atom is 0.417 e. The molecule has 2 atom stereocenters. The average molecular weight is 533 g/mol. The van der Waals surface area contributed by atoms with E-state index in [0.29, 0.717) is 32.4 Å². The minimum atomic E-state index is -4.81. The van der Waals surface area contributed by atoms with Crippen LogP contribution >= 0.6 is 0 Å². The second-order valence-electron chi connectivity index (χ2n) is 9.43. The molecular formula is C26H43F3N4O4. The molecule has 1 aromatic rings. The van der Waals surface area contributed by atoms with E-state index in [1.165, 1.54) is 31.9 Å². The number of rotatable bonds is 11. The lowest BCUT2D eigenvalue weighted by Crippen LogP contribution is -2.50. The molecule has 2 rings (SSSR count). The van der Waals surface area contributed by atoms with Crippen LogP contribution in [0.3, 0.4) is 0 Å². The van der Waals surface area contributed by atoms with Gasteiger partial charge in [0.05, 0.1) is 16.8 Å². The second-order valence-corrected chi connectivity index (χ2v) is 9.43. The number of alkyl halides is 3. The normalized spacial score (nSPS) is 17.9. The van der Waals surface area contributed by atoms with E-state index in [2.05, 4.69) is 5.32 Å². The maximum atomic E-state index is 14.1. The van der Waals surface area contributed by atoms with Crippen LogP contribution in [-0.4, -0.2) is 82.2 Å². The van der Waals surface area contributed by atoms with Crippen LogP contribution in [0.25, 0.3) is 0 Å². The first-order valence-corrected chi connectivity index (χ1v) is 12.7. The van der Waals surface area contributed by atoms with Crippen LogP contribution in [0.5, 0.6) is 5.75 Å². The number of hydrogen-bond acceptors (Lipinski definition) is 7. The number of halogens is 3. The summed E-state index contributed by atoms with van der Waals surface area (Å²) in [4.78, 5) is 27.7. The fourth-order valence-corrected chi connectivity index (χ4v) is 4.07. The molecule has 1 aromatic carbocycles. The van der Waals surface area contributed by atoms with E-state index in [1.54, 1.807) is 19.1 Å². The van der Waals surface area contributed by atoms with Gasteiger partial charge in [-0.3, -0.25) is 9.59 Å². The fourth-order valence-electron chi connectivity index (χ4n) is 4.07. The largest absolute Gasteiger partial charge is 0.478 e. The highest BCUT2D eigenvalue weighted by molar-refractivity contribution is 5.97. The summed E-state index contributed by atoms with van der Waals surface area (Å²) in [7, 11) is 4.79. The van der Waals surface area contributed by atoms with Crippen LogP contribution in [0.2, 0.25) is 0 Å².